The Morgan fingerprint density at radius 1 is 1.06 bits per heavy atom. The zero-order chi connectivity index (χ0) is 24.5. The Bertz CT molecular complexity index is 1080. The average Bonchev–Trinajstić information content (AvgIpc) is 3.17. The Morgan fingerprint density at radius 2 is 1.79 bits per heavy atom. The fraction of sp³-hybridized carbons (Fsp3) is 0.520. The summed E-state index contributed by atoms with van der Waals surface area (Å²) in [6, 6.07) is 7.56. The highest BCUT2D eigenvalue weighted by atomic mass is 16.6. The highest BCUT2D eigenvalue weighted by Gasteiger charge is 2.20. The molecule has 0 radical (unpaired) electrons. The number of aromatic nitrogens is 4. The maximum Gasteiger partial charge on any atom is 0.335 e. The van der Waals surface area contributed by atoms with Crippen LogP contribution in [0.3, 0.4) is 0 Å². The molecule has 2 aromatic heterocycles. The van der Waals surface area contributed by atoms with Crippen LogP contribution in [-0.2, 0) is 40.6 Å². The fourth-order valence-corrected chi connectivity index (χ4v) is 3.69. The molecule has 0 unspecified atom stereocenters. The summed E-state index contributed by atoms with van der Waals surface area (Å²) in [5.74, 6) is 1.61. The summed E-state index contributed by atoms with van der Waals surface area (Å²) in [6.45, 7) is 7.13. The highest BCUT2D eigenvalue weighted by molar-refractivity contribution is 5.82. The van der Waals surface area contributed by atoms with E-state index >= 15 is 0 Å². The van der Waals surface area contributed by atoms with Crippen molar-refractivity contribution in [2.24, 2.45) is 7.05 Å². The maximum absolute atomic E-state index is 11.8. The van der Waals surface area contributed by atoms with Crippen LogP contribution in [0.2, 0.25) is 0 Å². The van der Waals surface area contributed by atoms with E-state index in [0.29, 0.717) is 37.9 Å². The van der Waals surface area contributed by atoms with Crippen LogP contribution in [0.15, 0.2) is 24.3 Å². The van der Waals surface area contributed by atoms with Crippen molar-refractivity contribution in [1.29, 1.82) is 0 Å². The standard InChI is InChI=1S/C25H34N4O5/c1-6-9-19-22-23(29(4)28-19)24(27-21(7-2)26-22)34-15-14-33-18-12-10-17(11-13-18)16-20(32-8-3)25(30)31-5/h10-13,20H,6-9,14-16H2,1-5H3/t20-/m0/s1. The molecule has 3 aromatic rings. The summed E-state index contributed by atoms with van der Waals surface area (Å²) in [4.78, 5) is 21.1. The molecule has 0 amide bonds. The number of esters is 1. The molecule has 0 N–H and O–H groups in total. The number of ether oxygens (including phenoxy) is 4. The lowest BCUT2D eigenvalue weighted by atomic mass is 10.1. The molecule has 0 aliphatic heterocycles. The van der Waals surface area contributed by atoms with Gasteiger partial charge in [0.1, 0.15) is 35.8 Å². The Kier molecular flexibility index (Phi) is 9.21. The van der Waals surface area contributed by atoms with Gasteiger partial charge in [-0.1, -0.05) is 32.4 Å². The number of nitrogens with zero attached hydrogens (tertiary/aromatic N) is 4. The molecular weight excluding hydrogens is 436 g/mol. The third-order valence-electron chi connectivity index (χ3n) is 5.34. The van der Waals surface area contributed by atoms with E-state index in [1.165, 1.54) is 7.11 Å². The van der Waals surface area contributed by atoms with Crippen molar-refractivity contribution in [1.82, 2.24) is 19.7 Å². The molecule has 0 aliphatic rings. The topological polar surface area (TPSA) is 97.6 Å². The van der Waals surface area contributed by atoms with Crippen molar-refractivity contribution in [3.8, 4) is 11.6 Å². The van der Waals surface area contributed by atoms with Crippen molar-refractivity contribution in [3.63, 3.8) is 0 Å². The normalized spacial score (nSPS) is 12.0. The van der Waals surface area contributed by atoms with Gasteiger partial charge in [-0.05, 0) is 31.0 Å². The number of methoxy groups -OCH3 is 1. The van der Waals surface area contributed by atoms with Crippen LogP contribution in [0.5, 0.6) is 11.6 Å². The number of carbonyl (C=O) groups excluding carboxylic acids is 1. The first-order valence-electron chi connectivity index (χ1n) is 11.8. The van der Waals surface area contributed by atoms with E-state index in [2.05, 4.69) is 22.0 Å². The van der Waals surface area contributed by atoms with E-state index in [9.17, 15) is 4.79 Å². The van der Waals surface area contributed by atoms with Crippen LogP contribution >= 0.6 is 0 Å². The molecule has 9 heteroatoms. The van der Waals surface area contributed by atoms with Crippen molar-refractivity contribution in [2.45, 2.75) is 52.6 Å². The number of carbonyl (C=O) groups is 1. The van der Waals surface area contributed by atoms with E-state index in [1.807, 2.05) is 45.2 Å². The summed E-state index contributed by atoms with van der Waals surface area (Å²) in [5, 5.41) is 4.61. The van der Waals surface area contributed by atoms with Crippen molar-refractivity contribution < 1.29 is 23.7 Å². The van der Waals surface area contributed by atoms with Crippen LogP contribution in [-0.4, -0.2) is 58.8 Å². The second kappa shape index (κ2) is 12.3. The molecule has 0 spiro atoms. The molecule has 34 heavy (non-hydrogen) atoms. The molecule has 0 saturated carbocycles. The van der Waals surface area contributed by atoms with E-state index < -0.39 is 6.10 Å². The van der Waals surface area contributed by atoms with Gasteiger partial charge >= 0.3 is 5.97 Å². The SMILES string of the molecule is CCCc1nn(C)c2c(OCCOc3ccc(C[C@H](OCC)C(=O)OC)cc3)nc(CC)nc12. The Balaban J connectivity index is 1.60. The smallest absolute Gasteiger partial charge is 0.335 e. The minimum absolute atomic E-state index is 0.333. The molecule has 0 bridgehead atoms. The first-order valence-corrected chi connectivity index (χ1v) is 11.8. The summed E-state index contributed by atoms with van der Waals surface area (Å²) in [7, 11) is 3.25. The molecule has 2 heterocycles. The third kappa shape index (κ3) is 6.22. The van der Waals surface area contributed by atoms with E-state index in [1.54, 1.807) is 4.68 Å². The summed E-state index contributed by atoms with van der Waals surface area (Å²) >= 11 is 0. The summed E-state index contributed by atoms with van der Waals surface area (Å²) < 4.78 is 23.9. The van der Waals surface area contributed by atoms with Crippen LogP contribution < -0.4 is 9.47 Å². The van der Waals surface area contributed by atoms with Gasteiger partial charge in [0.2, 0.25) is 5.88 Å². The quantitative estimate of drug-likeness (QED) is 0.277. The lowest BCUT2D eigenvalue weighted by Gasteiger charge is -2.15. The fourth-order valence-electron chi connectivity index (χ4n) is 3.69. The molecule has 1 aromatic carbocycles. The number of aryl methyl sites for hydroxylation is 3. The highest BCUT2D eigenvalue weighted by Crippen LogP contribution is 2.26. The minimum atomic E-state index is -0.613. The first kappa shape index (κ1) is 25.4. The van der Waals surface area contributed by atoms with Gasteiger partial charge in [-0.25, -0.2) is 9.78 Å². The third-order valence-corrected chi connectivity index (χ3v) is 5.34. The van der Waals surface area contributed by atoms with Crippen LogP contribution in [0.25, 0.3) is 11.0 Å². The zero-order valence-corrected chi connectivity index (χ0v) is 20.7. The van der Waals surface area contributed by atoms with Crippen LogP contribution in [0, 0.1) is 0 Å². The summed E-state index contributed by atoms with van der Waals surface area (Å²) in [5.41, 5.74) is 3.60. The molecule has 184 valence electrons. The Hall–Kier alpha value is -3.20. The Morgan fingerprint density at radius 3 is 2.44 bits per heavy atom. The molecule has 0 fully saturated rings. The predicted octanol–water partition coefficient (Wildman–Crippen LogP) is 3.46. The van der Waals surface area contributed by atoms with Gasteiger partial charge in [0.15, 0.2) is 6.10 Å². The molecule has 3 rings (SSSR count). The van der Waals surface area contributed by atoms with Crippen molar-refractivity contribution >= 4 is 17.0 Å². The van der Waals surface area contributed by atoms with Crippen LogP contribution in [0.4, 0.5) is 0 Å². The molecular formula is C25H34N4O5. The van der Waals surface area contributed by atoms with Gasteiger partial charge in [-0.3, -0.25) is 4.68 Å². The number of hydrogen-bond acceptors (Lipinski definition) is 8. The maximum atomic E-state index is 11.8. The van der Waals surface area contributed by atoms with Gasteiger partial charge in [0.05, 0.1) is 12.8 Å². The number of rotatable bonds is 13. The molecule has 1 atom stereocenters. The first-order chi connectivity index (χ1) is 16.5. The van der Waals surface area contributed by atoms with Crippen molar-refractivity contribution in [3.05, 3.63) is 41.3 Å². The number of hydrogen-bond donors (Lipinski definition) is 0. The van der Waals surface area contributed by atoms with Gasteiger partial charge in [-0.15, -0.1) is 0 Å². The number of fused-ring (bicyclic) bond motifs is 1. The van der Waals surface area contributed by atoms with E-state index in [0.717, 1.165) is 47.4 Å². The molecule has 0 saturated heterocycles. The second-order valence-corrected chi connectivity index (χ2v) is 7.83. The lowest BCUT2D eigenvalue weighted by Crippen LogP contribution is -2.28. The van der Waals surface area contributed by atoms with E-state index in [4.69, 9.17) is 18.9 Å². The molecule has 9 nitrogen and oxygen atoms in total. The molecule has 0 aliphatic carbocycles. The monoisotopic (exact) mass is 470 g/mol. The van der Waals surface area contributed by atoms with Crippen LogP contribution in [0.1, 0.15) is 44.3 Å². The van der Waals surface area contributed by atoms with Crippen molar-refractivity contribution in [2.75, 3.05) is 26.9 Å². The van der Waals surface area contributed by atoms with Gasteiger partial charge in [-0.2, -0.15) is 10.1 Å². The lowest BCUT2D eigenvalue weighted by molar-refractivity contribution is -0.153. The summed E-state index contributed by atoms with van der Waals surface area (Å²) in [6.07, 6.45) is 2.40. The zero-order valence-electron chi connectivity index (χ0n) is 20.7. The average molecular weight is 471 g/mol. The number of benzene rings is 1. The van der Waals surface area contributed by atoms with E-state index in [-0.39, 0.29) is 5.97 Å². The Labute approximate surface area is 200 Å². The second-order valence-electron chi connectivity index (χ2n) is 7.83. The van der Waals surface area contributed by atoms with Gasteiger partial charge < -0.3 is 18.9 Å². The minimum Gasteiger partial charge on any atom is -0.490 e. The largest absolute Gasteiger partial charge is 0.490 e. The van der Waals surface area contributed by atoms with Gasteiger partial charge in [0, 0.05) is 26.5 Å². The van der Waals surface area contributed by atoms with Gasteiger partial charge in [0.25, 0.3) is 0 Å². The predicted molar refractivity (Wildman–Crippen MR) is 128 cm³/mol.